The van der Waals surface area contributed by atoms with Crippen LogP contribution < -0.4 is 5.73 Å². The van der Waals surface area contributed by atoms with Crippen LogP contribution in [0.3, 0.4) is 0 Å². The summed E-state index contributed by atoms with van der Waals surface area (Å²) in [6, 6.07) is 0. The smallest absolute Gasteiger partial charge is 0.409 e. The van der Waals surface area contributed by atoms with Crippen LogP contribution in [0.15, 0.2) is 0 Å². The second-order valence-corrected chi connectivity index (χ2v) is 17.0. The quantitative estimate of drug-likeness (QED) is 0.418. The topological polar surface area (TPSA) is 111 Å². The van der Waals surface area contributed by atoms with Gasteiger partial charge in [0.15, 0.2) is 0 Å². The van der Waals surface area contributed by atoms with Gasteiger partial charge in [0.2, 0.25) is 0 Å². The van der Waals surface area contributed by atoms with Gasteiger partial charge in [-0.3, -0.25) is 0 Å². The Hall–Kier alpha value is -1.54. The van der Waals surface area contributed by atoms with Crippen LogP contribution in [0.5, 0.6) is 0 Å². The first-order valence-electron chi connectivity index (χ1n) is 16.7. The number of hydrogen-bond donors (Lipinski definition) is 2. The number of primary amides is 1. The lowest BCUT2D eigenvalue weighted by molar-refractivity contribution is -0.184. The minimum Gasteiger partial charge on any atom is -0.446 e. The lowest BCUT2D eigenvalue weighted by atomic mass is 9.41. The molecule has 6 fully saturated rings. The molecular formula is C34H56N2O6. The number of amides is 2. The lowest BCUT2D eigenvalue weighted by Crippen LogP contribution is -2.60. The van der Waals surface area contributed by atoms with E-state index in [9.17, 15) is 14.7 Å². The summed E-state index contributed by atoms with van der Waals surface area (Å²) >= 11 is 0. The molecule has 8 unspecified atom stereocenters. The molecule has 1 heterocycles. The predicted octanol–water partition coefficient (Wildman–Crippen LogP) is 5.99. The van der Waals surface area contributed by atoms with Gasteiger partial charge in [-0.15, -0.1) is 0 Å². The Morgan fingerprint density at radius 2 is 1.64 bits per heavy atom. The van der Waals surface area contributed by atoms with Gasteiger partial charge in [0.05, 0.1) is 18.3 Å². The average Bonchev–Trinajstić information content (AvgIpc) is 3.53. The van der Waals surface area contributed by atoms with Crippen molar-refractivity contribution in [2.24, 2.45) is 62.4 Å². The van der Waals surface area contributed by atoms with Gasteiger partial charge >= 0.3 is 12.2 Å². The summed E-state index contributed by atoms with van der Waals surface area (Å²) in [4.78, 5) is 25.8. The summed E-state index contributed by atoms with van der Waals surface area (Å²) in [6.07, 6.45) is 5.97. The Balaban J connectivity index is 1.30. The van der Waals surface area contributed by atoms with Crippen LogP contribution in [0.4, 0.5) is 9.59 Å². The number of hydrogen-bond acceptors (Lipinski definition) is 6. The number of nitrogens with two attached hydrogens (primary N) is 1. The van der Waals surface area contributed by atoms with Crippen molar-refractivity contribution in [2.75, 3.05) is 14.1 Å². The van der Waals surface area contributed by atoms with Crippen molar-refractivity contribution in [3.8, 4) is 0 Å². The highest BCUT2D eigenvalue weighted by molar-refractivity contribution is 5.67. The van der Waals surface area contributed by atoms with Crippen LogP contribution in [0.2, 0.25) is 0 Å². The fraction of sp³-hybridized carbons (Fsp3) is 0.941. The molecule has 42 heavy (non-hydrogen) atoms. The van der Waals surface area contributed by atoms with E-state index in [1.807, 2.05) is 0 Å². The normalized spacial score (nSPS) is 50.7. The Morgan fingerprint density at radius 3 is 2.26 bits per heavy atom. The van der Waals surface area contributed by atoms with Crippen molar-refractivity contribution >= 4 is 12.2 Å². The number of ether oxygens (including phenoxy) is 3. The molecule has 0 bridgehead atoms. The Labute approximate surface area is 252 Å². The second kappa shape index (κ2) is 9.48. The minimum absolute atomic E-state index is 0.0244. The molecular weight excluding hydrogens is 532 g/mol. The zero-order valence-electron chi connectivity index (χ0n) is 27.4. The Kier molecular flexibility index (Phi) is 6.88. The average molecular weight is 589 g/mol. The highest BCUT2D eigenvalue weighted by Gasteiger charge is 2.84. The van der Waals surface area contributed by atoms with E-state index < -0.39 is 12.2 Å². The third-order valence-corrected chi connectivity index (χ3v) is 14.6. The van der Waals surface area contributed by atoms with Crippen LogP contribution in [-0.2, 0) is 14.2 Å². The van der Waals surface area contributed by atoms with E-state index in [0.29, 0.717) is 17.8 Å². The first kappa shape index (κ1) is 30.5. The van der Waals surface area contributed by atoms with E-state index in [0.717, 1.165) is 38.5 Å². The molecule has 2 amide bonds. The van der Waals surface area contributed by atoms with E-state index >= 15 is 0 Å². The van der Waals surface area contributed by atoms with Crippen LogP contribution in [-0.4, -0.2) is 66.8 Å². The first-order chi connectivity index (χ1) is 19.5. The third-order valence-electron chi connectivity index (χ3n) is 14.6. The van der Waals surface area contributed by atoms with Crippen LogP contribution in [0.25, 0.3) is 0 Å². The molecule has 1 saturated heterocycles. The molecule has 0 aromatic carbocycles. The van der Waals surface area contributed by atoms with Gasteiger partial charge in [-0.1, -0.05) is 48.5 Å². The van der Waals surface area contributed by atoms with Crippen molar-refractivity contribution < 1.29 is 28.9 Å². The molecule has 238 valence electrons. The van der Waals surface area contributed by atoms with E-state index in [2.05, 4.69) is 48.5 Å². The summed E-state index contributed by atoms with van der Waals surface area (Å²) < 4.78 is 18.6. The molecule has 0 aromatic rings. The highest BCUT2D eigenvalue weighted by atomic mass is 16.6. The number of rotatable bonds is 4. The molecule has 13 atom stereocenters. The zero-order chi connectivity index (χ0) is 30.8. The number of nitrogens with zero attached hydrogens (tertiary/aromatic N) is 1. The molecule has 6 aliphatic rings. The largest absolute Gasteiger partial charge is 0.446 e. The first-order valence-corrected chi connectivity index (χ1v) is 16.7. The molecule has 0 radical (unpaired) electrons. The van der Waals surface area contributed by atoms with Crippen molar-refractivity contribution in [1.82, 2.24) is 4.90 Å². The molecule has 8 heteroatoms. The van der Waals surface area contributed by atoms with Gasteiger partial charge in [0.1, 0.15) is 12.2 Å². The Bertz CT molecular complexity index is 1130. The van der Waals surface area contributed by atoms with Gasteiger partial charge in [-0.2, -0.15) is 0 Å². The van der Waals surface area contributed by atoms with E-state index in [1.54, 1.807) is 14.1 Å². The standard InChI is InChI=1S/C34H56N2O6/c1-18(2)25(42-29(39)36(8)9)20-16-19(3)24-26(40-20)27(37)32(7)22-11-10-21-30(4,5)23(41-28(35)38)12-13-33(21)17-34(22,33)15-14-31(24,32)6/h18-27,37H,10-17H2,1-9H3,(H2,35,38)/t19-,20?,21?,22?,23?,24+,25-,26?,27+,31?,32-,33?,34?/m1/s1. The minimum atomic E-state index is -0.663. The number of carbonyl (C=O) groups excluding carboxylic acids is 2. The molecule has 3 N–H and O–H groups in total. The fourth-order valence-corrected chi connectivity index (χ4v) is 12.7. The van der Waals surface area contributed by atoms with Crippen molar-refractivity contribution in [2.45, 2.75) is 130 Å². The summed E-state index contributed by atoms with van der Waals surface area (Å²) in [7, 11) is 3.42. The maximum absolute atomic E-state index is 12.6. The number of fused-ring (bicyclic) bond motifs is 4. The molecule has 0 aromatic heterocycles. The fourth-order valence-electron chi connectivity index (χ4n) is 12.7. The maximum atomic E-state index is 12.6. The summed E-state index contributed by atoms with van der Waals surface area (Å²) in [5.41, 5.74) is 5.58. The Morgan fingerprint density at radius 1 is 1.00 bits per heavy atom. The molecule has 6 rings (SSSR count). The number of carbonyl (C=O) groups is 2. The molecule has 8 nitrogen and oxygen atoms in total. The van der Waals surface area contributed by atoms with E-state index in [-0.39, 0.29) is 69.4 Å². The van der Waals surface area contributed by atoms with Crippen LogP contribution >= 0.6 is 0 Å². The van der Waals surface area contributed by atoms with Crippen LogP contribution in [0.1, 0.15) is 99.8 Å². The maximum Gasteiger partial charge on any atom is 0.409 e. The molecule has 5 saturated carbocycles. The van der Waals surface area contributed by atoms with E-state index in [4.69, 9.17) is 19.9 Å². The summed E-state index contributed by atoms with van der Waals surface area (Å²) in [5, 5.41) is 12.5. The van der Waals surface area contributed by atoms with E-state index in [1.165, 1.54) is 17.7 Å². The van der Waals surface area contributed by atoms with Gasteiger partial charge in [-0.05, 0) is 97.2 Å². The molecule has 2 spiro atoms. The third kappa shape index (κ3) is 3.72. The highest BCUT2D eigenvalue weighted by Crippen LogP contribution is 2.89. The van der Waals surface area contributed by atoms with Gasteiger partial charge < -0.3 is 30.0 Å². The molecule has 5 aliphatic carbocycles. The van der Waals surface area contributed by atoms with Gasteiger partial charge in [0, 0.05) is 24.9 Å². The molecule has 1 aliphatic heterocycles. The predicted molar refractivity (Wildman–Crippen MR) is 159 cm³/mol. The number of aliphatic hydroxyl groups is 1. The van der Waals surface area contributed by atoms with Crippen molar-refractivity contribution in [3.63, 3.8) is 0 Å². The zero-order valence-corrected chi connectivity index (χ0v) is 27.4. The van der Waals surface area contributed by atoms with Crippen molar-refractivity contribution in [1.29, 1.82) is 0 Å². The summed E-state index contributed by atoms with van der Waals surface area (Å²) in [6.45, 7) is 15.9. The van der Waals surface area contributed by atoms with Crippen molar-refractivity contribution in [3.05, 3.63) is 0 Å². The summed E-state index contributed by atoms with van der Waals surface area (Å²) in [5.74, 6) is 1.66. The second-order valence-electron chi connectivity index (χ2n) is 17.0. The van der Waals surface area contributed by atoms with Gasteiger partial charge in [-0.25, -0.2) is 9.59 Å². The van der Waals surface area contributed by atoms with Gasteiger partial charge in [0.25, 0.3) is 0 Å². The monoisotopic (exact) mass is 588 g/mol. The number of aliphatic hydroxyl groups excluding tert-OH is 1. The van der Waals surface area contributed by atoms with Crippen LogP contribution in [0, 0.1) is 56.7 Å². The lowest BCUT2D eigenvalue weighted by Gasteiger charge is -2.63. The SMILES string of the molecule is CC(C)[C@@H](OC(=O)N(C)C)C1C[C@@H](C)[C@H]2C(O1)[C@H](O)[C@@]1(C)C3CCC4C(C)(C)C(OC(N)=O)CCC45CC35CCC21C.